The van der Waals surface area contributed by atoms with Crippen LogP contribution in [0.1, 0.15) is 28.4 Å². The van der Waals surface area contributed by atoms with Gasteiger partial charge in [0.15, 0.2) is 5.78 Å². The average Bonchev–Trinajstić information content (AvgIpc) is 2.52. The molecule has 0 heterocycles. The lowest BCUT2D eigenvalue weighted by Gasteiger charge is -2.12. The Balaban J connectivity index is 1.72. The maximum absolute atomic E-state index is 11.9. The Bertz CT molecular complexity index is 569. The first-order valence-corrected chi connectivity index (χ1v) is 7.27. The summed E-state index contributed by atoms with van der Waals surface area (Å²) in [4.78, 5) is 11.9. The van der Waals surface area contributed by atoms with Crippen molar-refractivity contribution in [2.24, 2.45) is 0 Å². The Morgan fingerprint density at radius 3 is 2.43 bits per heavy atom. The van der Waals surface area contributed by atoms with E-state index >= 15 is 0 Å². The van der Waals surface area contributed by atoms with E-state index in [-0.39, 0.29) is 5.78 Å². The zero-order valence-electron chi connectivity index (χ0n) is 11.6. The highest BCUT2D eigenvalue weighted by molar-refractivity contribution is 6.30. The average molecular weight is 304 g/mol. The van der Waals surface area contributed by atoms with E-state index in [1.54, 1.807) is 24.3 Å². The van der Waals surface area contributed by atoms with Crippen LogP contribution in [0.2, 0.25) is 5.02 Å². The quantitative estimate of drug-likeness (QED) is 0.610. The van der Waals surface area contributed by atoms with Crippen molar-refractivity contribution in [3.05, 3.63) is 70.7 Å². The van der Waals surface area contributed by atoms with Crippen LogP contribution in [-0.2, 0) is 0 Å². The number of benzene rings is 2. The number of aliphatic hydroxyl groups is 1. The van der Waals surface area contributed by atoms with Gasteiger partial charge in [0.25, 0.3) is 0 Å². The van der Waals surface area contributed by atoms with Gasteiger partial charge in [-0.3, -0.25) is 4.79 Å². The third kappa shape index (κ3) is 4.97. The highest BCUT2D eigenvalue weighted by Gasteiger charge is 2.08. The molecule has 2 aromatic rings. The number of carbonyl (C=O) groups excluding carboxylic acids is 1. The van der Waals surface area contributed by atoms with Gasteiger partial charge in [0.05, 0.1) is 6.10 Å². The topological polar surface area (TPSA) is 49.3 Å². The number of ketones is 1. The fourth-order valence-electron chi connectivity index (χ4n) is 2.01. The summed E-state index contributed by atoms with van der Waals surface area (Å²) in [7, 11) is 0. The Hall–Kier alpha value is -1.68. The molecule has 21 heavy (non-hydrogen) atoms. The van der Waals surface area contributed by atoms with E-state index in [2.05, 4.69) is 5.32 Å². The molecular weight excluding hydrogens is 286 g/mol. The van der Waals surface area contributed by atoms with E-state index in [4.69, 9.17) is 11.6 Å². The number of Topliss-reactive ketones (excluding diaryl/α,β-unsaturated/α-hetero) is 1. The summed E-state index contributed by atoms with van der Waals surface area (Å²) in [5.41, 5.74) is 1.53. The highest BCUT2D eigenvalue weighted by Crippen LogP contribution is 2.15. The molecule has 2 rings (SSSR count). The number of nitrogens with one attached hydrogen (secondary N) is 1. The van der Waals surface area contributed by atoms with Gasteiger partial charge in [-0.2, -0.15) is 0 Å². The molecule has 4 heteroatoms. The number of rotatable bonds is 7. The van der Waals surface area contributed by atoms with Gasteiger partial charge in [-0.15, -0.1) is 0 Å². The minimum absolute atomic E-state index is 0.101. The number of carbonyl (C=O) groups is 1. The van der Waals surface area contributed by atoms with Gasteiger partial charge in [0.1, 0.15) is 0 Å². The van der Waals surface area contributed by atoms with Crippen molar-refractivity contribution >= 4 is 17.4 Å². The maximum Gasteiger partial charge on any atom is 0.164 e. The highest BCUT2D eigenvalue weighted by atomic mass is 35.5. The summed E-state index contributed by atoms with van der Waals surface area (Å²) in [5, 5.41) is 13.7. The van der Waals surface area contributed by atoms with Gasteiger partial charge < -0.3 is 10.4 Å². The van der Waals surface area contributed by atoms with E-state index in [9.17, 15) is 9.90 Å². The largest absolute Gasteiger partial charge is 0.387 e. The molecule has 1 atom stereocenters. The van der Waals surface area contributed by atoms with Crippen LogP contribution in [0.15, 0.2) is 54.6 Å². The van der Waals surface area contributed by atoms with E-state index in [1.165, 1.54) is 0 Å². The molecule has 0 radical (unpaired) electrons. The van der Waals surface area contributed by atoms with Gasteiger partial charge >= 0.3 is 0 Å². The van der Waals surface area contributed by atoms with Crippen LogP contribution in [0.25, 0.3) is 0 Å². The summed E-state index contributed by atoms with van der Waals surface area (Å²) >= 11 is 5.80. The molecule has 0 bridgehead atoms. The van der Waals surface area contributed by atoms with Crippen LogP contribution >= 0.6 is 11.6 Å². The number of hydrogen-bond acceptors (Lipinski definition) is 3. The first-order chi connectivity index (χ1) is 10.2. The second-order valence-electron chi connectivity index (χ2n) is 4.81. The minimum atomic E-state index is -0.603. The molecule has 0 aliphatic rings. The number of hydrogen-bond donors (Lipinski definition) is 2. The maximum atomic E-state index is 11.9. The minimum Gasteiger partial charge on any atom is -0.387 e. The van der Waals surface area contributed by atoms with E-state index in [0.717, 1.165) is 11.1 Å². The molecule has 0 aliphatic heterocycles. The number of aliphatic hydroxyl groups excluding tert-OH is 1. The molecule has 0 aliphatic carbocycles. The Morgan fingerprint density at radius 1 is 1.10 bits per heavy atom. The lowest BCUT2D eigenvalue weighted by atomic mass is 10.1. The Kier molecular flexibility index (Phi) is 5.93. The molecule has 1 unspecified atom stereocenters. The van der Waals surface area contributed by atoms with Crippen molar-refractivity contribution < 1.29 is 9.90 Å². The summed E-state index contributed by atoms with van der Waals surface area (Å²) in [6, 6.07) is 16.3. The van der Waals surface area contributed by atoms with Gasteiger partial charge in [-0.05, 0) is 17.7 Å². The normalized spacial score (nSPS) is 12.1. The van der Waals surface area contributed by atoms with Crippen LogP contribution in [-0.4, -0.2) is 24.0 Å². The SMILES string of the molecule is O=C(CCNCC(O)c1ccc(Cl)cc1)c1ccccc1. The molecule has 110 valence electrons. The summed E-state index contributed by atoms with van der Waals surface area (Å²) in [6.07, 6.45) is -0.189. The molecule has 3 nitrogen and oxygen atoms in total. The zero-order chi connectivity index (χ0) is 15.1. The monoisotopic (exact) mass is 303 g/mol. The molecule has 0 saturated heterocycles. The Morgan fingerprint density at radius 2 is 1.76 bits per heavy atom. The van der Waals surface area contributed by atoms with Crippen molar-refractivity contribution in [1.29, 1.82) is 0 Å². The van der Waals surface area contributed by atoms with Crippen LogP contribution < -0.4 is 5.32 Å². The summed E-state index contributed by atoms with van der Waals surface area (Å²) in [5.74, 6) is 0.101. The zero-order valence-corrected chi connectivity index (χ0v) is 12.4. The predicted octanol–water partition coefficient (Wildman–Crippen LogP) is 3.24. The Labute approximate surface area is 129 Å². The first kappa shape index (κ1) is 15.7. The summed E-state index contributed by atoms with van der Waals surface area (Å²) < 4.78 is 0. The molecular formula is C17H18ClNO2. The molecule has 0 spiro atoms. The van der Waals surface area contributed by atoms with Crippen molar-refractivity contribution in [2.75, 3.05) is 13.1 Å². The van der Waals surface area contributed by atoms with Gasteiger partial charge in [-0.25, -0.2) is 0 Å². The molecule has 2 N–H and O–H groups in total. The third-order valence-corrected chi connectivity index (χ3v) is 3.47. The second kappa shape index (κ2) is 7.93. The second-order valence-corrected chi connectivity index (χ2v) is 5.25. The van der Waals surface area contributed by atoms with Crippen LogP contribution in [0.4, 0.5) is 0 Å². The smallest absolute Gasteiger partial charge is 0.164 e. The fourth-order valence-corrected chi connectivity index (χ4v) is 2.14. The van der Waals surface area contributed by atoms with Crippen LogP contribution in [0.3, 0.4) is 0 Å². The number of halogens is 1. The lowest BCUT2D eigenvalue weighted by Crippen LogP contribution is -2.24. The van der Waals surface area contributed by atoms with Gasteiger partial charge in [-0.1, -0.05) is 54.1 Å². The van der Waals surface area contributed by atoms with Crippen molar-refractivity contribution in [3.8, 4) is 0 Å². The molecule has 2 aromatic carbocycles. The lowest BCUT2D eigenvalue weighted by molar-refractivity contribution is 0.0979. The summed E-state index contributed by atoms with van der Waals surface area (Å²) in [6.45, 7) is 0.947. The molecule has 0 amide bonds. The fraction of sp³-hybridized carbons (Fsp3) is 0.235. The first-order valence-electron chi connectivity index (χ1n) is 6.89. The van der Waals surface area contributed by atoms with Crippen molar-refractivity contribution in [2.45, 2.75) is 12.5 Å². The molecule has 0 saturated carbocycles. The van der Waals surface area contributed by atoms with E-state index in [1.807, 2.05) is 30.3 Å². The van der Waals surface area contributed by atoms with Crippen molar-refractivity contribution in [1.82, 2.24) is 5.32 Å². The van der Waals surface area contributed by atoms with Gasteiger partial charge in [0, 0.05) is 30.1 Å². The van der Waals surface area contributed by atoms with E-state index < -0.39 is 6.10 Å². The van der Waals surface area contributed by atoms with E-state index in [0.29, 0.717) is 24.5 Å². The van der Waals surface area contributed by atoms with Crippen LogP contribution in [0.5, 0.6) is 0 Å². The molecule has 0 aromatic heterocycles. The molecule has 0 fully saturated rings. The van der Waals surface area contributed by atoms with Crippen LogP contribution in [0, 0.1) is 0 Å². The predicted molar refractivity (Wildman–Crippen MR) is 84.7 cm³/mol. The van der Waals surface area contributed by atoms with Gasteiger partial charge in [0.2, 0.25) is 0 Å². The standard InChI is InChI=1S/C17H18ClNO2/c18-15-8-6-14(7-9-15)17(21)12-19-11-10-16(20)13-4-2-1-3-5-13/h1-9,17,19,21H,10-12H2. The third-order valence-electron chi connectivity index (χ3n) is 3.22. The van der Waals surface area contributed by atoms with Crippen molar-refractivity contribution in [3.63, 3.8) is 0 Å².